The molecule has 0 fully saturated rings. The molecule has 0 amide bonds. The third kappa shape index (κ3) is 87.2. The maximum absolute atomic E-state index is 8.89. The van der Waals surface area contributed by atoms with E-state index in [-0.39, 0.29) is 76.3 Å². The summed E-state index contributed by atoms with van der Waals surface area (Å²) in [4.78, 5) is 8.89. The first-order valence-corrected chi connectivity index (χ1v) is 0.908. The Kier molecular flexibility index (Phi) is 52.2. The summed E-state index contributed by atoms with van der Waals surface area (Å²) >= 11 is 0. The van der Waals surface area contributed by atoms with E-state index in [0.717, 1.165) is 6.92 Å². The van der Waals surface area contributed by atoms with Gasteiger partial charge in [0.15, 0.2) is 0 Å². The molecule has 0 aliphatic heterocycles. The molecule has 1 N–H and O–H groups in total. The van der Waals surface area contributed by atoms with E-state index in [0.29, 0.717) is 0 Å². The Balaban J connectivity index is -0.0000000150. The van der Waals surface area contributed by atoms with Gasteiger partial charge in [-0.05, 0) is 6.92 Å². The Labute approximate surface area is 97.3 Å². The molecule has 0 saturated carbocycles. The molecule has 32 valence electrons. The van der Waals surface area contributed by atoms with Crippen LogP contribution >= 0.6 is 0 Å². The van der Waals surface area contributed by atoms with Crippen molar-refractivity contribution in [3.63, 3.8) is 0 Å². The first kappa shape index (κ1) is 23.4. The Hall–Kier alpha value is 1.69. The molecule has 0 radical (unpaired) electrons. The smallest absolute Gasteiger partial charge is 0.870 e. The summed E-state index contributed by atoms with van der Waals surface area (Å²) < 4.78 is 0. The summed E-state index contributed by atoms with van der Waals surface area (Å²) in [5.74, 6) is -1.08. The van der Waals surface area contributed by atoms with Crippen LogP contribution in [-0.4, -0.2) is 11.4 Å². The van der Waals surface area contributed by atoms with E-state index in [9.17, 15) is 0 Å². The zero-order chi connectivity index (χ0) is 3.58. The van der Waals surface area contributed by atoms with E-state index in [4.69, 9.17) is 9.90 Å². The topological polar surface area (TPSA) is 70.1 Å². The Bertz CT molecular complexity index is 35.9. The predicted molar refractivity (Wildman–Crippen MR) is 12.6 cm³/mol. The standard InChI is InChI=1S/C2H4O2.K.H2O.Zn/c1-2(3)4;;;/h1H3,(H,3,4);;1H2;/q;+1;;+2/p-2. The number of hydrogen-bond acceptors (Lipinski definition) is 3. The fraction of sp³-hybridized carbons (Fsp3) is 0.500. The summed E-state index contributed by atoms with van der Waals surface area (Å²) in [6.07, 6.45) is 0. The van der Waals surface area contributed by atoms with Crippen LogP contribution in [0.25, 0.3) is 0 Å². The molecule has 0 unspecified atom stereocenters. The zero-order valence-corrected chi connectivity index (χ0v) is 10.6. The van der Waals surface area contributed by atoms with Crippen LogP contribution in [0.3, 0.4) is 0 Å². The minimum Gasteiger partial charge on any atom is -0.870 e. The van der Waals surface area contributed by atoms with Crippen molar-refractivity contribution in [3.8, 4) is 0 Å². The Morgan fingerprint density at radius 3 is 1.57 bits per heavy atom. The zero-order valence-electron chi connectivity index (χ0n) is 4.47. The van der Waals surface area contributed by atoms with Crippen LogP contribution in [0.2, 0.25) is 0 Å². The van der Waals surface area contributed by atoms with Crippen molar-refractivity contribution in [2.24, 2.45) is 0 Å². The average Bonchev–Trinajstić information content (AvgIpc) is 0.811. The number of carbonyl (C=O) groups excluding carboxylic acids is 1. The molecule has 5 heteroatoms. The molecule has 0 aromatic heterocycles. The molecule has 0 aliphatic rings. The molecule has 0 aromatic rings. The molecule has 0 spiro atoms. The van der Waals surface area contributed by atoms with Gasteiger partial charge >= 0.3 is 70.9 Å². The molecule has 0 aromatic carbocycles. The molecule has 0 heterocycles. The van der Waals surface area contributed by atoms with Crippen molar-refractivity contribution in [2.75, 3.05) is 0 Å². The monoisotopic (exact) mass is 179 g/mol. The van der Waals surface area contributed by atoms with Crippen molar-refractivity contribution in [1.82, 2.24) is 0 Å². The molecule has 0 saturated heterocycles. The Morgan fingerprint density at radius 2 is 1.57 bits per heavy atom. The van der Waals surface area contributed by atoms with E-state index < -0.39 is 5.97 Å². The van der Waals surface area contributed by atoms with Gasteiger partial charge in [0.2, 0.25) is 0 Å². The van der Waals surface area contributed by atoms with Gasteiger partial charge in [-0.25, -0.2) is 0 Å². The minimum absolute atomic E-state index is 0. The second-order valence-electron chi connectivity index (χ2n) is 0.492. The maximum atomic E-state index is 8.89. The minimum atomic E-state index is -1.08. The number of carboxylic acid groups (broad SMARTS) is 1. The fourth-order valence-corrected chi connectivity index (χ4v) is 0. The van der Waals surface area contributed by atoms with Crippen LogP contribution in [0.15, 0.2) is 0 Å². The largest absolute Gasteiger partial charge is 2.00 e. The van der Waals surface area contributed by atoms with Crippen LogP contribution in [0.5, 0.6) is 0 Å². The predicted octanol–water partition coefficient (Wildman–Crippen LogP) is -4.42. The van der Waals surface area contributed by atoms with Gasteiger partial charge in [0, 0.05) is 5.97 Å². The normalized spacial score (nSPS) is 3.57. The summed E-state index contributed by atoms with van der Waals surface area (Å²) in [6.45, 7) is 0.972. The third-order valence-corrected chi connectivity index (χ3v) is 0. The van der Waals surface area contributed by atoms with Crippen molar-refractivity contribution in [3.05, 3.63) is 0 Å². The summed E-state index contributed by atoms with van der Waals surface area (Å²) in [7, 11) is 0. The average molecular weight is 181 g/mol. The SMILES string of the molecule is CC(=O)[O-].[K+].[OH-].[Zn+2]. The van der Waals surface area contributed by atoms with E-state index in [1.54, 1.807) is 0 Å². The van der Waals surface area contributed by atoms with E-state index in [2.05, 4.69) is 0 Å². The molecular weight excluding hydrogens is 177 g/mol. The molecule has 7 heavy (non-hydrogen) atoms. The van der Waals surface area contributed by atoms with Crippen molar-refractivity contribution in [2.45, 2.75) is 6.92 Å². The fourth-order valence-electron chi connectivity index (χ4n) is 0. The molecule has 0 bridgehead atoms. The van der Waals surface area contributed by atoms with E-state index in [1.807, 2.05) is 0 Å². The van der Waals surface area contributed by atoms with Gasteiger partial charge in [0.1, 0.15) is 0 Å². The van der Waals surface area contributed by atoms with Gasteiger partial charge < -0.3 is 15.4 Å². The quantitative estimate of drug-likeness (QED) is 0.354. The molecule has 0 rings (SSSR count). The molecular formula is C2H4KO3Zn+. The first-order chi connectivity index (χ1) is 1.73. The van der Waals surface area contributed by atoms with Gasteiger partial charge in [-0.3, -0.25) is 0 Å². The Morgan fingerprint density at radius 1 is 1.57 bits per heavy atom. The van der Waals surface area contributed by atoms with Crippen molar-refractivity contribution < 1.29 is 86.2 Å². The van der Waals surface area contributed by atoms with Gasteiger partial charge in [-0.1, -0.05) is 0 Å². The van der Waals surface area contributed by atoms with Crippen LogP contribution in [0.1, 0.15) is 6.92 Å². The van der Waals surface area contributed by atoms with Crippen LogP contribution in [0.4, 0.5) is 0 Å². The van der Waals surface area contributed by atoms with Crippen LogP contribution in [-0.2, 0) is 24.3 Å². The van der Waals surface area contributed by atoms with Crippen LogP contribution in [0, 0.1) is 0 Å². The summed E-state index contributed by atoms with van der Waals surface area (Å²) in [5.41, 5.74) is 0. The summed E-state index contributed by atoms with van der Waals surface area (Å²) in [6, 6.07) is 0. The first-order valence-electron chi connectivity index (χ1n) is 0.908. The second-order valence-corrected chi connectivity index (χ2v) is 0.492. The number of rotatable bonds is 0. The number of hydrogen-bond donors (Lipinski definition) is 0. The third-order valence-electron chi connectivity index (χ3n) is 0. The van der Waals surface area contributed by atoms with Gasteiger partial charge in [-0.2, -0.15) is 0 Å². The maximum Gasteiger partial charge on any atom is 2.00 e. The van der Waals surface area contributed by atoms with E-state index >= 15 is 0 Å². The van der Waals surface area contributed by atoms with Gasteiger partial charge in [0.05, 0.1) is 0 Å². The second kappa shape index (κ2) is 15.6. The van der Waals surface area contributed by atoms with Gasteiger partial charge in [-0.15, -0.1) is 0 Å². The van der Waals surface area contributed by atoms with Gasteiger partial charge in [0.25, 0.3) is 0 Å². The number of aliphatic carboxylic acids is 1. The molecule has 0 atom stereocenters. The number of carboxylic acids is 1. The van der Waals surface area contributed by atoms with Crippen molar-refractivity contribution in [1.29, 1.82) is 0 Å². The molecule has 3 nitrogen and oxygen atoms in total. The van der Waals surface area contributed by atoms with Crippen LogP contribution < -0.4 is 56.5 Å². The van der Waals surface area contributed by atoms with Crippen molar-refractivity contribution >= 4 is 5.97 Å². The van der Waals surface area contributed by atoms with E-state index in [1.165, 1.54) is 0 Å². The summed E-state index contributed by atoms with van der Waals surface area (Å²) in [5, 5.41) is 8.89. The number of carbonyl (C=O) groups is 1. The molecule has 0 aliphatic carbocycles.